The number of anilines is 3. The number of piperazine rings is 1. The van der Waals surface area contributed by atoms with Gasteiger partial charge in [0.2, 0.25) is 5.95 Å². The van der Waals surface area contributed by atoms with E-state index >= 15 is 0 Å². The predicted octanol–water partition coefficient (Wildman–Crippen LogP) is 1.93. The lowest BCUT2D eigenvalue weighted by atomic mass is 10.2. The molecule has 4 heterocycles. The predicted molar refractivity (Wildman–Crippen MR) is 144 cm³/mol. The zero-order valence-corrected chi connectivity index (χ0v) is 21.5. The minimum atomic E-state index is -0.778. The molecule has 1 saturated heterocycles. The van der Waals surface area contributed by atoms with Crippen molar-refractivity contribution in [1.82, 2.24) is 35.1 Å². The fraction of sp³-hybridized carbons (Fsp3) is 0.423. The summed E-state index contributed by atoms with van der Waals surface area (Å²) in [4.78, 5) is 35.4. The van der Waals surface area contributed by atoms with E-state index in [2.05, 4.69) is 40.4 Å². The number of pyridine rings is 2. The van der Waals surface area contributed by atoms with E-state index < -0.39 is 5.97 Å². The van der Waals surface area contributed by atoms with E-state index in [1.807, 2.05) is 55.7 Å². The quantitative estimate of drug-likeness (QED) is 0.313. The number of rotatable bonds is 12. The molecule has 196 valence electrons. The molecule has 0 saturated carbocycles. The lowest BCUT2D eigenvalue weighted by molar-refractivity contribution is -0.138. The van der Waals surface area contributed by atoms with Crippen LogP contribution in [0.5, 0.6) is 0 Å². The Labute approximate surface area is 217 Å². The number of carboxylic acids is 1. The van der Waals surface area contributed by atoms with Crippen LogP contribution < -0.4 is 15.5 Å². The zero-order valence-electron chi connectivity index (χ0n) is 21.5. The van der Waals surface area contributed by atoms with Crippen molar-refractivity contribution in [3.05, 3.63) is 54.6 Å². The molecule has 3 aromatic heterocycles. The highest BCUT2D eigenvalue weighted by Gasteiger charge is 2.19. The van der Waals surface area contributed by atoms with Crippen molar-refractivity contribution >= 4 is 23.4 Å². The summed E-state index contributed by atoms with van der Waals surface area (Å²) in [7, 11) is 4.01. The molecule has 37 heavy (non-hydrogen) atoms. The molecule has 4 rings (SSSR count). The number of aromatic nitrogens is 4. The molecule has 11 heteroatoms. The van der Waals surface area contributed by atoms with Crippen LogP contribution in [0.4, 0.5) is 17.5 Å². The van der Waals surface area contributed by atoms with Crippen LogP contribution in [0.25, 0.3) is 11.3 Å². The van der Waals surface area contributed by atoms with Gasteiger partial charge >= 0.3 is 5.97 Å². The highest BCUT2D eigenvalue weighted by Crippen LogP contribution is 2.21. The minimum Gasteiger partial charge on any atom is -0.480 e. The van der Waals surface area contributed by atoms with Crippen molar-refractivity contribution < 1.29 is 9.90 Å². The SMILES string of the molecule is CNCCCN(C)c1ccc(-c2ccnc(Nc3cncc(CN4CCN(CC(=O)O)CC4)c3)n2)cn1. The molecular formula is C26H35N9O2. The van der Waals surface area contributed by atoms with Crippen molar-refractivity contribution in [2.45, 2.75) is 13.0 Å². The first kappa shape index (κ1) is 26.4. The van der Waals surface area contributed by atoms with Gasteiger partial charge in [0, 0.05) is 70.5 Å². The third kappa shape index (κ3) is 7.91. The fourth-order valence-corrected chi connectivity index (χ4v) is 4.28. The average molecular weight is 506 g/mol. The van der Waals surface area contributed by atoms with Crippen molar-refractivity contribution in [3.63, 3.8) is 0 Å². The molecular weight excluding hydrogens is 470 g/mol. The van der Waals surface area contributed by atoms with E-state index in [1.54, 1.807) is 12.4 Å². The number of aliphatic carboxylic acids is 1. The van der Waals surface area contributed by atoms with Crippen molar-refractivity contribution in [2.75, 3.05) is 70.1 Å². The first-order valence-electron chi connectivity index (χ1n) is 12.5. The third-order valence-electron chi connectivity index (χ3n) is 6.29. The van der Waals surface area contributed by atoms with Gasteiger partial charge in [-0.25, -0.2) is 15.0 Å². The first-order chi connectivity index (χ1) is 18.0. The Morgan fingerprint density at radius 3 is 2.62 bits per heavy atom. The van der Waals surface area contributed by atoms with Crippen LogP contribution >= 0.6 is 0 Å². The number of hydrogen-bond donors (Lipinski definition) is 3. The number of nitrogens with zero attached hydrogens (tertiary/aromatic N) is 7. The Kier molecular flexibility index (Phi) is 9.30. The average Bonchev–Trinajstić information content (AvgIpc) is 2.90. The van der Waals surface area contributed by atoms with Gasteiger partial charge in [-0.3, -0.25) is 19.6 Å². The molecule has 0 aromatic carbocycles. The van der Waals surface area contributed by atoms with Gasteiger partial charge in [-0.05, 0) is 49.8 Å². The van der Waals surface area contributed by atoms with Crippen LogP contribution in [0.15, 0.2) is 49.1 Å². The molecule has 0 spiro atoms. The van der Waals surface area contributed by atoms with E-state index in [0.29, 0.717) is 5.95 Å². The van der Waals surface area contributed by atoms with Crippen LogP contribution in [-0.4, -0.2) is 101 Å². The third-order valence-corrected chi connectivity index (χ3v) is 6.29. The number of carbonyl (C=O) groups is 1. The first-order valence-corrected chi connectivity index (χ1v) is 12.5. The lowest BCUT2D eigenvalue weighted by Crippen LogP contribution is -2.47. The molecule has 0 aliphatic carbocycles. The topological polar surface area (TPSA) is 123 Å². The normalized spacial score (nSPS) is 14.4. The molecule has 1 aliphatic rings. The number of carboxylic acid groups (broad SMARTS) is 1. The van der Waals surface area contributed by atoms with Gasteiger partial charge < -0.3 is 20.6 Å². The molecule has 0 unspecified atom stereocenters. The Morgan fingerprint density at radius 2 is 1.89 bits per heavy atom. The maximum atomic E-state index is 10.9. The minimum absolute atomic E-state index is 0.0993. The van der Waals surface area contributed by atoms with Crippen molar-refractivity contribution in [1.29, 1.82) is 0 Å². The summed E-state index contributed by atoms with van der Waals surface area (Å²) in [6.45, 7) is 5.92. The molecule has 0 amide bonds. The second-order valence-electron chi connectivity index (χ2n) is 9.20. The van der Waals surface area contributed by atoms with E-state index in [0.717, 1.165) is 80.6 Å². The fourth-order valence-electron chi connectivity index (χ4n) is 4.28. The lowest BCUT2D eigenvalue weighted by Gasteiger charge is -2.33. The molecule has 0 radical (unpaired) electrons. The van der Waals surface area contributed by atoms with E-state index in [1.165, 1.54) is 0 Å². The van der Waals surface area contributed by atoms with Gasteiger partial charge in [0.15, 0.2) is 0 Å². The van der Waals surface area contributed by atoms with Crippen LogP contribution in [0.3, 0.4) is 0 Å². The van der Waals surface area contributed by atoms with Gasteiger partial charge in [0.05, 0.1) is 24.1 Å². The Hall–Kier alpha value is -3.67. The standard InChI is InChI=1S/C26H35N9O2/c1-27-7-3-9-33(2)24-5-4-21(16-30-24)23-6-8-29-26(32-23)31-22-14-20(15-28-17-22)18-34-10-12-35(13-11-34)19-25(36)37/h4-6,8,14-17,27H,3,7,9-13,18-19H2,1-2H3,(H,36,37)(H,29,31,32). The second kappa shape index (κ2) is 13.0. The maximum absolute atomic E-state index is 10.9. The Balaban J connectivity index is 1.35. The molecule has 0 bridgehead atoms. The van der Waals surface area contributed by atoms with Crippen LogP contribution in [0.1, 0.15) is 12.0 Å². The van der Waals surface area contributed by atoms with Gasteiger partial charge in [-0.1, -0.05) is 0 Å². The maximum Gasteiger partial charge on any atom is 0.317 e. The molecule has 1 aliphatic heterocycles. The molecule has 11 nitrogen and oxygen atoms in total. The van der Waals surface area contributed by atoms with Crippen molar-refractivity contribution in [3.8, 4) is 11.3 Å². The summed E-state index contributed by atoms with van der Waals surface area (Å²) in [6, 6.07) is 7.96. The van der Waals surface area contributed by atoms with Crippen LogP contribution in [0.2, 0.25) is 0 Å². The van der Waals surface area contributed by atoms with Gasteiger partial charge in [0.25, 0.3) is 0 Å². The highest BCUT2D eigenvalue weighted by atomic mass is 16.4. The number of nitrogens with one attached hydrogen (secondary N) is 2. The second-order valence-corrected chi connectivity index (χ2v) is 9.20. The van der Waals surface area contributed by atoms with Crippen molar-refractivity contribution in [2.24, 2.45) is 0 Å². The molecule has 3 N–H and O–H groups in total. The Bertz CT molecular complexity index is 1150. The zero-order chi connectivity index (χ0) is 26.0. The molecule has 0 atom stereocenters. The summed E-state index contributed by atoms with van der Waals surface area (Å²) in [5, 5.41) is 15.4. The summed E-state index contributed by atoms with van der Waals surface area (Å²) in [5.41, 5.74) is 3.60. The van der Waals surface area contributed by atoms with E-state index in [9.17, 15) is 4.79 Å². The summed E-state index contributed by atoms with van der Waals surface area (Å²) >= 11 is 0. The van der Waals surface area contributed by atoms with Gasteiger partial charge in [-0.15, -0.1) is 0 Å². The largest absolute Gasteiger partial charge is 0.480 e. The summed E-state index contributed by atoms with van der Waals surface area (Å²) in [5.74, 6) is 0.643. The monoisotopic (exact) mass is 505 g/mol. The summed E-state index contributed by atoms with van der Waals surface area (Å²) in [6.07, 6.45) is 8.24. The molecule has 3 aromatic rings. The summed E-state index contributed by atoms with van der Waals surface area (Å²) < 4.78 is 0. The smallest absolute Gasteiger partial charge is 0.317 e. The van der Waals surface area contributed by atoms with E-state index in [-0.39, 0.29) is 6.54 Å². The van der Waals surface area contributed by atoms with Gasteiger partial charge in [0.1, 0.15) is 5.82 Å². The number of hydrogen-bond acceptors (Lipinski definition) is 10. The van der Waals surface area contributed by atoms with E-state index in [4.69, 9.17) is 5.11 Å². The van der Waals surface area contributed by atoms with Crippen LogP contribution in [0, 0.1) is 0 Å². The van der Waals surface area contributed by atoms with Gasteiger partial charge in [-0.2, -0.15) is 0 Å². The molecule has 1 fully saturated rings. The highest BCUT2D eigenvalue weighted by molar-refractivity contribution is 5.69. The Morgan fingerprint density at radius 1 is 1.08 bits per heavy atom. The van der Waals surface area contributed by atoms with Crippen LogP contribution in [-0.2, 0) is 11.3 Å².